The number of alkyl halides is 6. The third-order valence-electron chi connectivity index (χ3n) is 4.74. The second-order valence-electron chi connectivity index (χ2n) is 7.08. The predicted molar refractivity (Wildman–Crippen MR) is 105 cm³/mol. The zero-order valence-corrected chi connectivity index (χ0v) is 16.5. The smallest absolute Gasteiger partial charge is 0.334 e. The average Bonchev–Trinajstić information content (AvgIpc) is 3.25. The van der Waals surface area contributed by atoms with Crippen LogP contribution >= 0.6 is 0 Å². The molecule has 0 N–H and O–H groups in total. The van der Waals surface area contributed by atoms with E-state index in [0.717, 1.165) is 35.0 Å². The maximum atomic E-state index is 12.9. The van der Waals surface area contributed by atoms with Crippen molar-refractivity contribution < 1.29 is 30.9 Å². The van der Waals surface area contributed by atoms with E-state index in [1.807, 2.05) is 0 Å². The van der Waals surface area contributed by atoms with Gasteiger partial charge in [0.25, 0.3) is 11.4 Å². The maximum Gasteiger partial charge on any atom is 0.417 e. The first-order chi connectivity index (χ1) is 15.5. The van der Waals surface area contributed by atoms with Gasteiger partial charge in [-0.15, -0.1) is 0 Å². The van der Waals surface area contributed by atoms with Gasteiger partial charge in [0.15, 0.2) is 0 Å². The number of hydrogen-bond acceptors (Lipinski definition) is 4. The van der Waals surface area contributed by atoms with Gasteiger partial charge in [-0.3, -0.25) is 4.79 Å². The molecule has 4 rings (SSSR count). The van der Waals surface area contributed by atoms with Crippen molar-refractivity contribution in [1.82, 2.24) is 14.7 Å². The molecule has 4 aromatic rings. The van der Waals surface area contributed by atoms with E-state index >= 15 is 0 Å². The van der Waals surface area contributed by atoms with Gasteiger partial charge in [-0.2, -0.15) is 31.3 Å². The molecular formula is C22H13F6N3O2. The number of nitrogens with zero attached hydrogens (tertiary/aromatic N) is 3. The topological polar surface area (TPSA) is 60.9 Å². The molecule has 0 spiro atoms. The minimum Gasteiger partial charge on any atom is -0.334 e. The average molecular weight is 465 g/mol. The Morgan fingerprint density at radius 1 is 0.818 bits per heavy atom. The lowest BCUT2D eigenvalue weighted by Crippen LogP contribution is -2.21. The fourth-order valence-corrected chi connectivity index (χ4v) is 3.07. The summed E-state index contributed by atoms with van der Waals surface area (Å²) in [4.78, 5) is 16.0. The summed E-state index contributed by atoms with van der Waals surface area (Å²) in [5.41, 5.74) is -1.26. The van der Waals surface area contributed by atoms with Gasteiger partial charge >= 0.3 is 12.4 Å². The highest BCUT2D eigenvalue weighted by Crippen LogP contribution is 2.32. The van der Waals surface area contributed by atoms with Gasteiger partial charge in [-0.1, -0.05) is 35.5 Å². The van der Waals surface area contributed by atoms with Crippen molar-refractivity contribution >= 4 is 0 Å². The van der Waals surface area contributed by atoms with Gasteiger partial charge < -0.3 is 9.09 Å². The minimum atomic E-state index is -4.57. The van der Waals surface area contributed by atoms with Crippen LogP contribution in [-0.2, 0) is 18.9 Å². The van der Waals surface area contributed by atoms with Crippen LogP contribution in [0.5, 0.6) is 0 Å². The Balaban J connectivity index is 1.55. The Labute approximate surface area is 181 Å². The summed E-state index contributed by atoms with van der Waals surface area (Å²) in [5.74, 6) is 0.0147. The molecule has 2 heterocycles. The van der Waals surface area contributed by atoms with E-state index in [1.165, 1.54) is 12.1 Å². The molecule has 0 aliphatic carbocycles. The Kier molecular flexibility index (Phi) is 5.56. The molecule has 0 saturated heterocycles. The molecule has 0 aliphatic heterocycles. The molecule has 0 unspecified atom stereocenters. The van der Waals surface area contributed by atoms with E-state index in [4.69, 9.17) is 4.52 Å². The first kappa shape index (κ1) is 22.3. The molecule has 170 valence electrons. The van der Waals surface area contributed by atoms with Crippen molar-refractivity contribution in [3.8, 4) is 22.8 Å². The molecule has 2 aromatic heterocycles. The minimum absolute atomic E-state index is 0.0925. The zero-order valence-electron chi connectivity index (χ0n) is 16.5. The second-order valence-corrected chi connectivity index (χ2v) is 7.08. The second kappa shape index (κ2) is 8.23. The van der Waals surface area contributed by atoms with Crippen molar-refractivity contribution in [2.24, 2.45) is 0 Å². The Bertz CT molecular complexity index is 1340. The summed E-state index contributed by atoms with van der Waals surface area (Å²) < 4.78 is 83.4. The summed E-state index contributed by atoms with van der Waals surface area (Å²) in [6.07, 6.45) is -8.34. The first-order valence-electron chi connectivity index (χ1n) is 9.39. The third-order valence-corrected chi connectivity index (χ3v) is 4.74. The van der Waals surface area contributed by atoms with Gasteiger partial charge in [0.1, 0.15) is 0 Å². The summed E-state index contributed by atoms with van der Waals surface area (Å²) in [5, 5.41) is 3.77. The quantitative estimate of drug-likeness (QED) is 0.366. The SMILES string of the molecule is O=c1ccc(C(F)(F)F)cn1Cc1ccc(-c2noc(-c3cccc(C(F)(F)F)c3)n2)cc1. The van der Waals surface area contributed by atoms with Crippen LogP contribution in [0.2, 0.25) is 0 Å². The Morgan fingerprint density at radius 3 is 2.18 bits per heavy atom. The van der Waals surface area contributed by atoms with Crippen LogP contribution in [0.1, 0.15) is 16.7 Å². The normalized spacial score (nSPS) is 12.2. The van der Waals surface area contributed by atoms with E-state index in [-0.39, 0.29) is 23.8 Å². The van der Waals surface area contributed by atoms with Crippen molar-refractivity contribution in [2.45, 2.75) is 18.9 Å². The van der Waals surface area contributed by atoms with E-state index < -0.39 is 29.0 Å². The number of aromatic nitrogens is 3. The predicted octanol–water partition coefficient (Wildman–Crippen LogP) is 5.65. The van der Waals surface area contributed by atoms with Crippen LogP contribution < -0.4 is 5.56 Å². The van der Waals surface area contributed by atoms with Gasteiger partial charge in [-0.05, 0) is 29.8 Å². The van der Waals surface area contributed by atoms with Crippen LogP contribution in [0.4, 0.5) is 26.3 Å². The highest BCUT2D eigenvalue weighted by molar-refractivity contribution is 5.60. The molecular weight excluding hydrogens is 452 g/mol. The van der Waals surface area contributed by atoms with Crippen molar-refractivity contribution in [1.29, 1.82) is 0 Å². The van der Waals surface area contributed by atoms with Gasteiger partial charge in [0.05, 0.1) is 17.7 Å². The number of benzene rings is 2. The molecule has 2 aromatic carbocycles. The van der Waals surface area contributed by atoms with Gasteiger partial charge in [0, 0.05) is 23.4 Å². The van der Waals surface area contributed by atoms with Crippen LogP contribution in [-0.4, -0.2) is 14.7 Å². The lowest BCUT2D eigenvalue weighted by Gasteiger charge is -2.11. The van der Waals surface area contributed by atoms with Crippen LogP contribution in [0, 0.1) is 0 Å². The number of pyridine rings is 1. The molecule has 5 nitrogen and oxygen atoms in total. The van der Waals surface area contributed by atoms with Gasteiger partial charge in [-0.25, -0.2) is 0 Å². The van der Waals surface area contributed by atoms with Crippen LogP contribution in [0.15, 0.2) is 76.2 Å². The molecule has 33 heavy (non-hydrogen) atoms. The number of rotatable bonds is 4. The van der Waals surface area contributed by atoms with Crippen LogP contribution in [0.25, 0.3) is 22.8 Å². The maximum absolute atomic E-state index is 12.9. The molecule has 0 bridgehead atoms. The van der Waals surface area contributed by atoms with Gasteiger partial charge in [0.2, 0.25) is 5.82 Å². The number of hydrogen-bond donors (Lipinski definition) is 0. The van der Waals surface area contributed by atoms with E-state index in [2.05, 4.69) is 10.1 Å². The fourth-order valence-electron chi connectivity index (χ4n) is 3.07. The summed E-state index contributed by atoms with van der Waals surface area (Å²) >= 11 is 0. The summed E-state index contributed by atoms with van der Waals surface area (Å²) in [7, 11) is 0. The third kappa shape index (κ3) is 4.97. The van der Waals surface area contributed by atoms with E-state index in [1.54, 1.807) is 24.3 Å². The standard InChI is InChI=1S/C22H13F6N3O2/c23-21(24,25)16-3-1-2-15(10-16)20-29-19(30-33-20)14-6-4-13(5-7-14)11-31-12-17(22(26,27)28)8-9-18(31)32/h1-10,12H,11H2. The highest BCUT2D eigenvalue weighted by atomic mass is 19.4. The molecule has 0 atom stereocenters. The van der Waals surface area contributed by atoms with Crippen molar-refractivity contribution in [2.75, 3.05) is 0 Å². The molecule has 0 fully saturated rings. The largest absolute Gasteiger partial charge is 0.417 e. The lowest BCUT2D eigenvalue weighted by molar-refractivity contribution is -0.138. The molecule has 0 radical (unpaired) electrons. The zero-order chi connectivity index (χ0) is 23.8. The Hall–Kier alpha value is -3.89. The van der Waals surface area contributed by atoms with E-state index in [9.17, 15) is 31.1 Å². The molecule has 11 heteroatoms. The van der Waals surface area contributed by atoms with Crippen LogP contribution in [0.3, 0.4) is 0 Å². The van der Waals surface area contributed by atoms with E-state index in [0.29, 0.717) is 11.1 Å². The fraction of sp³-hybridized carbons (Fsp3) is 0.136. The summed E-state index contributed by atoms with van der Waals surface area (Å²) in [6.45, 7) is -0.0925. The Morgan fingerprint density at radius 2 is 1.52 bits per heavy atom. The van der Waals surface area contributed by atoms with Crippen molar-refractivity contribution in [3.63, 3.8) is 0 Å². The first-order valence-corrected chi connectivity index (χ1v) is 9.39. The molecule has 0 amide bonds. The lowest BCUT2D eigenvalue weighted by atomic mass is 10.1. The molecule has 0 saturated carbocycles. The molecule has 0 aliphatic rings. The number of halogens is 6. The highest BCUT2D eigenvalue weighted by Gasteiger charge is 2.31. The van der Waals surface area contributed by atoms with Crippen molar-refractivity contribution in [3.05, 3.63) is 93.9 Å². The monoisotopic (exact) mass is 465 g/mol. The summed E-state index contributed by atoms with van der Waals surface area (Å²) in [6, 6.07) is 12.3.